The molecule has 296 valence electrons. The summed E-state index contributed by atoms with van der Waals surface area (Å²) in [5.74, 6) is -0.281. The van der Waals surface area contributed by atoms with Crippen LogP contribution in [0, 0.1) is 23.7 Å². The molecule has 1 fully saturated rings. The number of thiazole rings is 1. The summed E-state index contributed by atoms with van der Waals surface area (Å²) in [5, 5.41) is 7.89. The predicted molar refractivity (Wildman–Crippen MR) is 214 cm³/mol. The fraction of sp³-hybridized carbons (Fsp3) is 0.683. The van der Waals surface area contributed by atoms with E-state index < -0.39 is 18.1 Å². The molecule has 4 N–H and O–H groups in total. The van der Waals surface area contributed by atoms with Crippen molar-refractivity contribution >= 4 is 40.7 Å². The van der Waals surface area contributed by atoms with Crippen molar-refractivity contribution in [2.45, 2.75) is 130 Å². The van der Waals surface area contributed by atoms with Gasteiger partial charge in [-0.1, -0.05) is 79.5 Å². The van der Waals surface area contributed by atoms with Crippen LogP contribution in [0.4, 0.5) is 10.5 Å². The Labute approximate surface area is 322 Å². The maximum Gasteiger partial charge on any atom is 0.407 e. The van der Waals surface area contributed by atoms with E-state index in [9.17, 15) is 19.2 Å². The van der Waals surface area contributed by atoms with E-state index in [2.05, 4.69) is 57.1 Å². The number of hydrogen-bond donors (Lipinski definition) is 3. The van der Waals surface area contributed by atoms with Gasteiger partial charge in [-0.25, -0.2) is 9.78 Å². The Morgan fingerprint density at radius 1 is 1.08 bits per heavy atom. The number of anilines is 1. The lowest BCUT2D eigenvalue weighted by molar-refractivity contribution is -0.144. The second kappa shape index (κ2) is 21.4. The van der Waals surface area contributed by atoms with Crippen LogP contribution in [-0.4, -0.2) is 83.8 Å². The number of alkyl carbamates (subject to hydrolysis) is 1. The number of likely N-dealkylation sites (N-methyl/N-ethyl adjacent to an activating group) is 1. The van der Waals surface area contributed by atoms with Gasteiger partial charge in [0.25, 0.3) is 5.91 Å². The zero-order valence-electron chi connectivity index (χ0n) is 33.7. The first kappa shape index (κ1) is 43.9. The van der Waals surface area contributed by atoms with Crippen LogP contribution in [0.1, 0.15) is 127 Å². The molecule has 2 heterocycles. The molecule has 0 spiro atoms. The number of ketones is 1. The van der Waals surface area contributed by atoms with Crippen LogP contribution >= 0.6 is 11.3 Å². The van der Waals surface area contributed by atoms with E-state index in [-0.39, 0.29) is 59.7 Å². The van der Waals surface area contributed by atoms with Gasteiger partial charge in [0, 0.05) is 55.5 Å². The van der Waals surface area contributed by atoms with Crippen molar-refractivity contribution in [3.8, 4) is 0 Å². The summed E-state index contributed by atoms with van der Waals surface area (Å²) < 4.78 is 5.93. The molecule has 0 aliphatic carbocycles. The molecular formula is C41H66N6O5S. The van der Waals surface area contributed by atoms with Gasteiger partial charge in [0.2, 0.25) is 5.91 Å². The molecule has 3 amide bonds. The highest BCUT2D eigenvalue weighted by Crippen LogP contribution is 2.34. The molecule has 0 radical (unpaired) electrons. The zero-order chi connectivity index (χ0) is 39.2. The molecule has 0 saturated carbocycles. The summed E-state index contributed by atoms with van der Waals surface area (Å²) in [4.78, 5) is 63.5. The van der Waals surface area contributed by atoms with Gasteiger partial charge in [-0.05, 0) is 75.1 Å². The normalized spacial score (nSPS) is 17.8. The lowest BCUT2D eigenvalue weighted by atomic mass is 9.82. The Hall–Kier alpha value is -3.51. The van der Waals surface area contributed by atoms with Crippen LogP contribution < -0.4 is 16.4 Å². The number of nitrogens with two attached hydrogens (primary N) is 1. The molecule has 2 aromatic rings. The Balaban J connectivity index is 1.89. The van der Waals surface area contributed by atoms with Gasteiger partial charge in [0.15, 0.2) is 11.9 Å². The topological polar surface area (TPSA) is 147 Å². The second-order valence-electron chi connectivity index (χ2n) is 15.7. The molecule has 0 unspecified atom stereocenters. The summed E-state index contributed by atoms with van der Waals surface area (Å²) in [6.45, 7) is 15.9. The minimum absolute atomic E-state index is 0.00370. The van der Waals surface area contributed by atoms with Crippen LogP contribution in [0.15, 0.2) is 29.6 Å². The number of piperidine rings is 1. The number of Topliss-reactive ketones (excluding diaryl/α,β-unsaturated/α-hetero) is 1. The summed E-state index contributed by atoms with van der Waals surface area (Å²) in [6.07, 6.45) is 4.88. The van der Waals surface area contributed by atoms with Gasteiger partial charge in [-0.15, -0.1) is 11.3 Å². The van der Waals surface area contributed by atoms with Gasteiger partial charge in [0.05, 0.1) is 6.04 Å². The summed E-state index contributed by atoms with van der Waals surface area (Å²) in [5.41, 5.74) is 8.14. The van der Waals surface area contributed by atoms with Crippen LogP contribution in [-0.2, 0) is 20.7 Å². The number of nitrogen functional groups attached to an aromatic ring is 1. The van der Waals surface area contributed by atoms with Crippen LogP contribution in [0.3, 0.4) is 0 Å². The number of carbonyl (C=O) groups is 4. The third-order valence-electron chi connectivity index (χ3n) is 10.7. The molecule has 53 heavy (non-hydrogen) atoms. The molecule has 12 heteroatoms. The van der Waals surface area contributed by atoms with E-state index in [0.717, 1.165) is 50.6 Å². The highest BCUT2D eigenvalue weighted by atomic mass is 32.1. The molecule has 1 aromatic carbocycles. The lowest BCUT2D eigenvalue weighted by Gasteiger charge is -2.39. The number of hydrogen-bond acceptors (Lipinski definition) is 9. The molecule has 11 nitrogen and oxygen atoms in total. The van der Waals surface area contributed by atoms with Crippen molar-refractivity contribution in [2.75, 3.05) is 32.9 Å². The van der Waals surface area contributed by atoms with E-state index >= 15 is 0 Å². The SMILES string of the molecule is CCCN(C(=O)[C@@H](CC(=O)[C@H]1CCCCN1C)[C@@H](C)CC)[C@H](C[C@@H](OC(=O)NC)c1nc(C(=O)N[C@@H](Cc2ccccc2N)CC(C)C)cs1)C(C)C. The number of benzene rings is 1. The van der Waals surface area contributed by atoms with Gasteiger partial charge in [0.1, 0.15) is 10.7 Å². The molecule has 1 aromatic heterocycles. The number of carbonyl (C=O) groups excluding carboxylic acids is 4. The smallest absolute Gasteiger partial charge is 0.407 e. The molecule has 0 bridgehead atoms. The zero-order valence-corrected chi connectivity index (χ0v) is 34.5. The fourth-order valence-corrected chi connectivity index (χ4v) is 8.30. The monoisotopic (exact) mass is 754 g/mol. The Kier molecular flexibility index (Phi) is 17.7. The minimum atomic E-state index is -0.809. The average molecular weight is 755 g/mol. The molecule has 1 aliphatic rings. The van der Waals surface area contributed by atoms with Gasteiger partial charge >= 0.3 is 6.09 Å². The second-order valence-corrected chi connectivity index (χ2v) is 16.5. The van der Waals surface area contributed by atoms with Crippen LogP contribution in [0.5, 0.6) is 0 Å². The fourth-order valence-electron chi connectivity index (χ4n) is 7.46. The third-order valence-corrected chi connectivity index (χ3v) is 11.6. The van der Waals surface area contributed by atoms with Gasteiger partial charge in [-0.3, -0.25) is 19.3 Å². The number of ether oxygens (including phenoxy) is 1. The van der Waals surface area contributed by atoms with Gasteiger partial charge in [-0.2, -0.15) is 0 Å². The summed E-state index contributed by atoms with van der Waals surface area (Å²) in [6, 6.07) is 7.06. The predicted octanol–water partition coefficient (Wildman–Crippen LogP) is 7.27. The Morgan fingerprint density at radius 2 is 1.79 bits per heavy atom. The lowest BCUT2D eigenvalue weighted by Crippen LogP contribution is -2.50. The average Bonchev–Trinajstić information content (AvgIpc) is 3.62. The summed E-state index contributed by atoms with van der Waals surface area (Å²) in [7, 11) is 3.50. The third kappa shape index (κ3) is 12.8. The Morgan fingerprint density at radius 3 is 2.40 bits per heavy atom. The van der Waals surface area contributed by atoms with Crippen molar-refractivity contribution in [3.05, 3.63) is 45.9 Å². The first-order valence-electron chi connectivity index (χ1n) is 19.7. The highest BCUT2D eigenvalue weighted by molar-refractivity contribution is 7.09. The first-order valence-corrected chi connectivity index (χ1v) is 20.6. The van der Waals surface area contributed by atoms with Crippen molar-refractivity contribution < 1.29 is 23.9 Å². The number of amides is 3. The largest absolute Gasteiger partial charge is 0.439 e. The number of likely N-dealkylation sites (tertiary alicyclic amines) is 1. The number of aromatic nitrogens is 1. The van der Waals surface area contributed by atoms with Crippen LogP contribution in [0.25, 0.3) is 0 Å². The highest BCUT2D eigenvalue weighted by Gasteiger charge is 2.39. The first-order chi connectivity index (χ1) is 25.2. The quantitative estimate of drug-likeness (QED) is 0.120. The Bertz CT molecular complexity index is 1480. The van der Waals surface area contributed by atoms with E-state index in [1.807, 2.05) is 43.1 Å². The van der Waals surface area contributed by atoms with E-state index in [0.29, 0.717) is 36.0 Å². The number of nitrogens with one attached hydrogen (secondary N) is 2. The van der Waals surface area contributed by atoms with E-state index in [1.165, 1.54) is 18.4 Å². The van der Waals surface area contributed by atoms with Gasteiger partial charge < -0.3 is 26.0 Å². The van der Waals surface area contributed by atoms with Crippen LogP contribution in [0.2, 0.25) is 0 Å². The minimum Gasteiger partial charge on any atom is -0.439 e. The molecule has 1 aliphatic heterocycles. The van der Waals surface area contributed by atoms with E-state index in [1.54, 1.807) is 5.38 Å². The van der Waals surface area contributed by atoms with Crippen molar-refractivity contribution in [3.63, 3.8) is 0 Å². The van der Waals surface area contributed by atoms with Crippen molar-refractivity contribution in [1.82, 2.24) is 25.4 Å². The maximum absolute atomic E-state index is 14.7. The van der Waals surface area contributed by atoms with E-state index in [4.69, 9.17) is 15.5 Å². The molecule has 3 rings (SSSR count). The maximum atomic E-state index is 14.7. The molecule has 1 saturated heterocycles. The number of nitrogens with zero attached hydrogens (tertiary/aromatic N) is 3. The number of para-hydroxylation sites is 1. The van der Waals surface area contributed by atoms with Crippen molar-refractivity contribution in [2.24, 2.45) is 23.7 Å². The molecule has 6 atom stereocenters. The summed E-state index contributed by atoms with van der Waals surface area (Å²) >= 11 is 1.26. The standard InChI is InChI=1S/C41H66N6O5S/c1-10-19-47(40(50)31(28(7)11-2)23-36(48)34-18-14-15-20-46(34)9)35(27(5)6)24-37(52-41(51)43-8)39-45-33(25-53-39)38(49)44-30(21-26(3)4)22-29-16-12-13-17-32(29)42/h12-13,16-17,25-28,30-31,34-35,37H,10-11,14-15,18-24,42H2,1-9H3,(H,43,51)(H,44,49)/t28-,30+,31-,34+,35+,37+/m0/s1. The van der Waals surface area contributed by atoms with Crippen molar-refractivity contribution in [1.29, 1.82) is 0 Å². The number of rotatable bonds is 20. The molecular weight excluding hydrogens is 689 g/mol.